The third-order valence-electron chi connectivity index (χ3n) is 4.52. The molecule has 2 aliphatic rings. The zero-order valence-electron chi connectivity index (χ0n) is 11.4. The highest BCUT2D eigenvalue weighted by molar-refractivity contribution is 5.79. The summed E-state index contributed by atoms with van der Waals surface area (Å²) in [5, 5.41) is 11.5. The number of fused-ring (bicyclic) bond motifs is 2. The fourth-order valence-corrected chi connectivity index (χ4v) is 3.27. The van der Waals surface area contributed by atoms with Crippen molar-refractivity contribution >= 4 is 5.84 Å². The maximum absolute atomic E-state index is 8.47. The first kappa shape index (κ1) is 13.6. The van der Waals surface area contributed by atoms with Crippen LogP contribution in [0, 0.1) is 0 Å². The van der Waals surface area contributed by atoms with Crippen LogP contribution in [0.2, 0.25) is 0 Å². The third-order valence-corrected chi connectivity index (χ3v) is 4.52. The van der Waals surface area contributed by atoms with Crippen molar-refractivity contribution < 1.29 is 5.21 Å². The molecule has 2 rings (SSSR count). The Labute approximate surface area is 110 Å². The van der Waals surface area contributed by atoms with E-state index in [1.807, 2.05) is 0 Å². The number of likely N-dealkylation sites (tertiary alicyclic amines) is 1. The summed E-state index contributed by atoms with van der Waals surface area (Å²) in [6, 6.07) is 1.58. The highest BCUT2D eigenvalue weighted by Gasteiger charge is 2.34. The first-order valence-electron chi connectivity index (χ1n) is 7.11. The van der Waals surface area contributed by atoms with Crippen molar-refractivity contribution in [3.63, 3.8) is 0 Å². The molecule has 2 saturated heterocycles. The van der Waals surface area contributed by atoms with Crippen LogP contribution >= 0.6 is 0 Å². The fraction of sp³-hybridized carbons (Fsp3) is 0.923. The Kier molecular flexibility index (Phi) is 4.83. The molecule has 0 aromatic carbocycles. The van der Waals surface area contributed by atoms with Crippen LogP contribution in [0.15, 0.2) is 5.16 Å². The zero-order valence-corrected chi connectivity index (χ0v) is 11.4. The topological polar surface area (TPSA) is 65.1 Å². The largest absolute Gasteiger partial charge is 0.409 e. The highest BCUT2D eigenvalue weighted by Crippen LogP contribution is 2.28. The summed E-state index contributed by atoms with van der Waals surface area (Å²) in [5.74, 6) is 0.352. The van der Waals surface area contributed by atoms with Crippen molar-refractivity contribution in [1.29, 1.82) is 0 Å². The predicted molar refractivity (Wildman–Crippen MR) is 72.9 cm³/mol. The van der Waals surface area contributed by atoms with Gasteiger partial charge in [0, 0.05) is 25.0 Å². The van der Waals surface area contributed by atoms with Gasteiger partial charge in [-0.3, -0.25) is 4.90 Å². The van der Waals surface area contributed by atoms with Crippen LogP contribution in [0.3, 0.4) is 0 Å². The summed E-state index contributed by atoms with van der Waals surface area (Å²) >= 11 is 0. The minimum atomic E-state index is 0.352. The standard InChI is InChI=1S/C13H26N4O/c1-16-11-5-6-12(16)10-17(9-7-11)8-3-2-4-13(14)15-18/h11-12,18H,2-10H2,1H3,(H2,14,15). The number of oxime groups is 1. The Morgan fingerprint density at radius 2 is 2.06 bits per heavy atom. The Hall–Kier alpha value is -0.810. The summed E-state index contributed by atoms with van der Waals surface area (Å²) in [5.41, 5.74) is 5.46. The lowest BCUT2D eigenvalue weighted by Crippen LogP contribution is -2.37. The summed E-state index contributed by atoms with van der Waals surface area (Å²) in [6.45, 7) is 3.60. The lowest BCUT2D eigenvalue weighted by molar-refractivity contribution is 0.217. The molecule has 3 N–H and O–H groups in total. The van der Waals surface area contributed by atoms with Gasteiger partial charge in [0.2, 0.25) is 0 Å². The number of nitrogens with two attached hydrogens (primary N) is 1. The predicted octanol–water partition coefficient (Wildman–Crippen LogP) is 1.07. The Morgan fingerprint density at radius 1 is 1.28 bits per heavy atom. The fourth-order valence-electron chi connectivity index (χ4n) is 3.27. The van der Waals surface area contributed by atoms with E-state index in [0.29, 0.717) is 12.3 Å². The van der Waals surface area contributed by atoms with Crippen LogP contribution < -0.4 is 5.73 Å². The normalized spacial score (nSPS) is 30.6. The molecule has 2 fully saturated rings. The van der Waals surface area contributed by atoms with Crippen LogP contribution in [-0.2, 0) is 0 Å². The Morgan fingerprint density at radius 3 is 2.83 bits per heavy atom. The number of hydrogen-bond donors (Lipinski definition) is 2. The average Bonchev–Trinajstić information content (AvgIpc) is 2.61. The Balaban J connectivity index is 1.68. The van der Waals surface area contributed by atoms with Gasteiger partial charge in [-0.2, -0.15) is 0 Å². The van der Waals surface area contributed by atoms with E-state index < -0.39 is 0 Å². The minimum Gasteiger partial charge on any atom is -0.409 e. The van der Waals surface area contributed by atoms with Crippen LogP contribution in [0.25, 0.3) is 0 Å². The molecule has 0 spiro atoms. The van der Waals surface area contributed by atoms with Crippen LogP contribution in [0.4, 0.5) is 0 Å². The van der Waals surface area contributed by atoms with Crippen molar-refractivity contribution in [2.45, 2.75) is 50.6 Å². The number of nitrogens with zero attached hydrogens (tertiary/aromatic N) is 3. The van der Waals surface area contributed by atoms with E-state index in [1.54, 1.807) is 0 Å². The van der Waals surface area contributed by atoms with Crippen molar-refractivity contribution in [3.05, 3.63) is 0 Å². The van der Waals surface area contributed by atoms with E-state index >= 15 is 0 Å². The van der Waals surface area contributed by atoms with Gasteiger partial charge in [0.25, 0.3) is 0 Å². The van der Waals surface area contributed by atoms with E-state index in [9.17, 15) is 0 Å². The van der Waals surface area contributed by atoms with Crippen LogP contribution in [0.5, 0.6) is 0 Å². The van der Waals surface area contributed by atoms with Crippen molar-refractivity contribution in [2.75, 3.05) is 26.7 Å². The van der Waals surface area contributed by atoms with Crippen molar-refractivity contribution in [3.8, 4) is 0 Å². The lowest BCUT2D eigenvalue weighted by Gasteiger charge is -2.25. The van der Waals surface area contributed by atoms with E-state index in [0.717, 1.165) is 31.5 Å². The molecule has 0 aromatic heterocycles. The molecule has 0 radical (unpaired) electrons. The van der Waals surface area contributed by atoms with Gasteiger partial charge in [0.1, 0.15) is 5.84 Å². The summed E-state index contributed by atoms with van der Waals surface area (Å²) in [7, 11) is 2.28. The number of rotatable bonds is 5. The smallest absolute Gasteiger partial charge is 0.139 e. The molecule has 2 heterocycles. The van der Waals surface area contributed by atoms with Gasteiger partial charge in [-0.25, -0.2) is 0 Å². The van der Waals surface area contributed by atoms with E-state index in [-0.39, 0.29) is 0 Å². The number of hydrogen-bond acceptors (Lipinski definition) is 4. The van der Waals surface area contributed by atoms with E-state index in [2.05, 4.69) is 22.0 Å². The number of unbranched alkanes of at least 4 members (excludes halogenated alkanes) is 1. The van der Waals surface area contributed by atoms with Crippen LogP contribution in [-0.4, -0.2) is 59.6 Å². The highest BCUT2D eigenvalue weighted by atomic mass is 16.4. The summed E-state index contributed by atoms with van der Waals surface area (Å²) < 4.78 is 0. The second-order valence-electron chi connectivity index (χ2n) is 5.69. The molecule has 2 aliphatic heterocycles. The maximum Gasteiger partial charge on any atom is 0.139 e. The quantitative estimate of drug-likeness (QED) is 0.253. The maximum atomic E-state index is 8.47. The van der Waals surface area contributed by atoms with E-state index in [4.69, 9.17) is 10.9 Å². The third kappa shape index (κ3) is 3.36. The van der Waals surface area contributed by atoms with Gasteiger partial charge in [-0.15, -0.1) is 0 Å². The number of amidine groups is 1. The lowest BCUT2D eigenvalue weighted by atomic mass is 10.1. The average molecular weight is 254 g/mol. The molecule has 5 heteroatoms. The van der Waals surface area contributed by atoms with Crippen molar-refractivity contribution in [2.24, 2.45) is 10.9 Å². The molecule has 2 unspecified atom stereocenters. The second-order valence-corrected chi connectivity index (χ2v) is 5.69. The summed E-state index contributed by atoms with van der Waals surface area (Å²) in [4.78, 5) is 5.17. The molecule has 18 heavy (non-hydrogen) atoms. The van der Waals surface area contributed by atoms with Gasteiger partial charge in [0.15, 0.2) is 0 Å². The molecule has 0 saturated carbocycles. The van der Waals surface area contributed by atoms with Gasteiger partial charge in [-0.1, -0.05) is 5.16 Å². The summed E-state index contributed by atoms with van der Waals surface area (Å²) in [6.07, 6.45) is 6.91. The zero-order chi connectivity index (χ0) is 13.0. The van der Waals surface area contributed by atoms with Crippen molar-refractivity contribution in [1.82, 2.24) is 9.80 Å². The first-order valence-corrected chi connectivity index (χ1v) is 7.11. The molecule has 2 bridgehead atoms. The second kappa shape index (κ2) is 6.38. The van der Waals surface area contributed by atoms with E-state index in [1.165, 1.54) is 32.4 Å². The SMILES string of the molecule is CN1C2CCC1CN(CCCCC(N)=NO)CC2. The molecule has 0 aliphatic carbocycles. The monoisotopic (exact) mass is 254 g/mol. The molecule has 0 amide bonds. The molecular weight excluding hydrogens is 228 g/mol. The van der Waals surface area contributed by atoms with Gasteiger partial charge < -0.3 is 15.8 Å². The Bertz CT molecular complexity index is 295. The number of likely N-dealkylation sites (N-methyl/N-ethyl adjacent to an activating group) is 1. The molecule has 0 aromatic rings. The van der Waals surface area contributed by atoms with Gasteiger partial charge in [0.05, 0.1) is 0 Å². The molecule has 2 atom stereocenters. The van der Waals surface area contributed by atoms with Gasteiger partial charge >= 0.3 is 0 Å². The molecular formula is C13H26N4O. The molecule has 5 nitrogen and oxygen atoms in total. The molecule has 104 valence electrons. The van der Waals surface area contributed by atoms with Crippen LogP contribution in [0.1, 0.15) is 38.5 Å². The first-order chi connectivity index (χ1) is 8.70. The van der Waals surface area contributed by atoms with Gasteiger partial charge in [-0.05, 0) is 52.2 Å². The minimum absolute atomic E-state index is 0.352.